The molecule has 0 unspecified atom stereocenters. The van der Waals surface area contributed by atoms with Crippen LogP contribution < -0.4 is 14.8 Å². The van der Waals surface area contributed by atoms with Crippen LogP contribution in [0, 0.1) is 0 Å². The fourth-order valence-corrected chi connectivity index (χ4v) is 3.37. The SMILES string of the molecule is CNS(=O)(=O)c1ccc(O[C@H](C)C(=O)NC2CCCCC2)cc1. The number of nitrogens with one attached hydrogen (secondary N) is 2. The zero-order chi connectivity index (χ0) is 16.9. The fourth-order valence-electron chi connectivity index (χ4n) is 2.64. The van der Waals surface area contributed by atoms with Crippen molar-refractivity contribution in [2.24, 2.45) is 0 Å². The third kappa shape index (κ3) is 4.94. The summed E-state index contributed by atoms with van der Waals surface area (Å²) in [5.74, 6) is 0.329. The molecule has 23 heavy (non-hydrogen) atoms. The van der Waals surface area contributed by atoms with E-state index in [9.17, 15) is 13.2 Å². The van der Waals surface area contributed by atoms with Gasteiger partial charge < -0.3 is 10.1 Å². The lowest BCUT2D eigenvalue weighted by molar-refractivity contribution is -0.128. The number of ether oxygens (including phenoxy) is 1. The lowest BCUT2D eigenvalue weighted by Crippen LogP contribution is -2.43. The highest BCUT2D eigenvalue weighted by Crippen LogP contribution is 2.19. The van der Waals surface area contributed by atoms with Crippen LogP contribution in [0.4, 0.5) is 0 Å². The maximum Gasteiger partial charge on any atom is 0.260 e. The Balaban J connectivity index is 1.91. The molecule has 0 heterocycles. The highest BCUT2D eigenvalue weighted by molar-refractivity contribution is 7.89. The van der Waals surface area contributed by atoms with E-state index in [0.29, 0.717) is 5.75 Å². The first kappa shape index (κ1) is 17.7. The Hall–Kier alpha value is -1.60. The van der Waals surface area contributed by atoms with Crippen LogP contribution in [0.15, 0.2) is 29.2 Å². The van der Waals surface area contributed by atoms with Gasteiger partial charge in [0.05, 0.1) is 4.90 Å². The van der Waals surface area contributed by atoms with Gasteiger partial charge in [-0.15, -0.1) is 0 Å². The van der Waals surface area contributed by atoms with E-state index in [-0.39, 0.29) is 16.8 Å². The van der Waals surface area contributed by atoms with Crippen molar-refractivity contribution in [3.05, 3.63) is 24.3 Å². The lowest BCUT2D eigenvalue weighted by Gasteiger charge is -2.24. The predicted molar refractivity (Wildman–Crippen MR) is 87.8 cm³/mol. The van der Waals surface area contributed by atoms with Crippen LogP contribution in [0.1, 0.15) is 39.0 Å². The summed E-state index contributed by atoms with van der Waals surface area (Å²) in [5.41, 5.74) is 0. The van der Waals surface area contributed by atoms with Crippen molar-refractivity contribution < 1.29 is 17.9 Å². The first-order valence-corrected chi connectivity index (χ1v) is 9.41. The van der Waals surface area contributed by atoms with Gasteiger partial charge in [-0.2, -0.15) is 0 Å². The fraction of sp³-hybridized carbons (Fsp3) is 0.562. The predicted octanol–water partition coefficient (Wildman–Crippen LogP) is 1.81. The summed E-state index contributed by atoms with van der Waals surface area (Å²) in [6.45, 7) is 1.69. The average Bonchev–Trinajstić information content (AvgIpc) is 2.56. The number of benzene rings is 1. The molecule has 1 amide bonds. The van der Waals surface area contributed by atoms with Crippen molar-refractivity contribution in [2.45, 2.75) is 56.1 Å². The molecule has 128 valence electrons. The lowest BCUT2D eigenvalue weighted by atomic mass is 9.95. The highest BCUT2D eigenvalue weighted by atomic mass is 32.2. The summed E-state index contributed by atoms with van der Waals surface area (Å²) in [4.78, 5) is 12.3. The molecule has 1 fully saturated rings. The zero-order valence-corrected chi connectivity index (χ0v) is 14.4. The van der Waals surface area contributed by atoms with Gasteiger partial charge in [-0.3, -0.25) is 4.79 Å². The van der Waals surface area contributed by atoms with E-state index in [2.05, 4.69) is 10.0 Å². The molecule has 1 aliphatic rings. The maximum absolute atomic E-state index is 12.1. The number of carbonyl (C=O) groups is 1. The first-order valence-electron chi connectivity index (χ1n) is 7.93. The molecule has 0 aromatic heterocycles. The van der Waals surface area contributed by atoms with Crippen molar-refractivity contribution in [1.82, 2.24) is 10.0 Å². The van der Waals surface area contributed by atoms with Crippen LogP contribution in [0.25, 0.3) is 0 Å². The number of rotatable bonds is 6. The molecule has 0 aliphatic heterocycles. The molecule has 1 aliphatic carbocycles. The molecule has 0 spiro atoms. The Kier molecular flexibility index (Phi) is 6.01. The smallest absolute Gasteiger partial charge is 0.260 e. The topological polar surface area (TPSA) is 84.5 Å². The molecular formula is C16H24N2O4S. The van der Waals surface area contributed by atoms with Gasteiger partial charge in [0.1, 0.15) is 5.75 Å². The zero-order valence-electron chi connectivity index (χ0n) is 13.5. The van der Waals surface area contributed by atoms with Gasteiger partial charge in [0.15, 0.2) is 6.10 Å². The average molecular weight is 340 g/mol. The molecule has 0 bridgehead atoms. The summed E-state index contributed by atoms with van der Waals surface area (Å²) >= 11 is 0. The monoisotopic (exact) mass is 340 g/mol. The Morgan fingerprint density at radius 2 is 1.78 bits per heavy atom. The van der Waals surface area contributed by atoms with Gasteiger partial charge in [0, 0.05) is 6.04 Å². The van der Waals surface area contributed by atoms with Crippen LogP contribution in [0.5, 0.6) is 5.75 Å². The number of sulfonamides is 1. The van der Waals surface area contributed by atoms with Crippen molar-refractivity contribution in [3.63, 3.8) is 0 Å². The van der Waals surface area contributed by atoms with Gasteiger partial charge in [0.25, 0.3) is 5.91 Å². The van der Waals surface area contributed by atoms with E-state index < -0.39 is 16.1 Å². The Morgan fingerprint density at radius 3 is 2.35 bits per heavy atom. The van der Waals surface area contributed by atoms with Crippen molar-refractivity contribution in [3.8, 4) is 5.75 Å². The van der Waals surface area contributed by atoms with Gasteiger partial charge >= 0.3 is 0 Å². The van der Waals surface area contributed by atoms with E-state index in [4.69, 9.17) is 4.74 Å². The van der Waals surface area contributed by atoms with Gasteiger partial charge in [-0.05, 0) is 51.1 Å². The number of hydrogen-bond donors (Lipinski definition) is 2. The molecule has 2 N–H and O–H groups in total. The molecule has 1 saturated carbocycles. The second-order valence-corrected chi connectivity index (χ2v) is 7.67. The third-order valence-electron chi connectivity index (χ3n) is 4.04. The summed E-state index contributed by atoms with van der Waals surface area (Å²) in [7, 11) is -2.11. The van der Waals surface area contributed by atoms with E-state index >= 15 is 0 Å². The van der Waals surface area contributed by atoms with E-state index in [1.54, 1.807) is 19.1 Å². The second-order valence-electron chi connectivity index (χ2n) is 5.78. The molecule has 1 atom stereocenters. The molecule has 1 aromatic rings. The van der Waals surface area contributed by atoms with Crippen molar-refractivity contribution in [2.75, 3.05) is 7.05 Å². The van der Waals surface area contributed by atoms with Crippen molar-refractivity contribution >= 4 is 15.9 Å². The number of hydrogen-bond acceptors (Lipinski definition) is 4. The molecule has 2 rings (SSSR count). The van der Waals surface area contributed by atoms with Crippen LogP contribution in [0.3, 0.4) is 0 Å². The Labute approximate surface area is 137 Å². The third-order valence-corrected chi connectivity index (χ3v) is 5.47. The van der Waals surface area contributed by atoms with Crippen LogP contribution in [-0.2, 0) is 14.8 Å². The highest BCUT2D eigenvalue weighted by Gasteiger charge is 2.21. The summed E-state index contributed by atoms with van der Waals surface area (Å²) in [5, 5.41) is 3.01. The Morgan fingerprint density at radius 1 is 1.17 bits per heavy atom. The summed E-state index contributed by atoms with van der Waals surface area (Å²) < 4.78 is 31.1. The maximum atomic E-state index is 12.1. The molecule has 7 heteroatoms. The first-order chi connectivity index (χ1) is 10.9. The standard InChI is InChI=1S/C16H24N2O4S/c1-12(16(19)18-13-6-4-3-5-7-13)22-14-8-10-15(11-9-14)23(20,21)17-2/h8-13,17H,3-7H2,1-2H3,(H,18,19)/t12-/m1/s1. The molecular weight excluding hydrogens is 316 g/mol. The minimum Gasteiger partial charge on any atom is -0.481 e. The number of amides is 1. The van der Waals surface area contributed by atoms with E-state index in [0.717, 1.165) is 25.7 Å². The molecule has 1 aromatic carbocycles. The summed E-state index contributed by atoms with van der Waals surface area (Å²) in [6.07, 6.45) is 4.97. The van der Waals surface area contributed by atoms with Gasteiger partial charge in [-0.1, -0.05) is 19.3 Å². The normalized spacial score (nSPS) is 17.5. The molecule has 0 radical (unpaired) electrons. The van der Waals surface area contributed by atoms with Crippen LogP contribution >= 0.6 is 0 Å². The minimum absolute atomic E-state index is 0.135. The van der Waals surface area contributed by atoms with Gasteiger partial charge in [-0.25, -0.2) is 13.1 Å². The van der Waals surface area contributed by atoms with Gasteiger partial charge in [0.2, 0.25) is 10.0 Å². The molecule has 6 nitrogen and oxygen atoms in total. The quantitative estimate of drug-likeness (QED) is 0.827. The summed E-state index contributed by atoms with van der Waals surface area (Å²) in [6, 6.07) is 6.24. The minimum atomic E-state index is -3.46. The second kappa shape index (κ2) is 7.79. The van der Waals surface area contributed by atoms with Crippen LogP contribution in [-0.4, -0.2) is 33.5 Å². The number of carbonyl (C=O) groups excluding carboxylic acids is 1. The van der Waals surface area contributed by atoms with E-state index in [1.807, 2.05) is 0 Å². The Bertz CT molecular complexity index is 622. The van der Waals surface area contributed by atoms with Crippen LogP contribution in [0.2, 0.25) is 0 Å². The van der Waals surface area contributed by atoms with Crippen molar-refractivity contribution in [1.29, 1.82) is 0 Å². The van der Waals surface area contributed by atoms with E-state index in [1.165, 1.54) is 25.6 Å². The molecule has 0 saturated heterocycles. The largest absolute Gasteiger partial charge is 0.481 e.